The van der Waals surface area contributed by atoms with Gasteiger partial charge in [-0.15, -0.1) is 0 Å². The van der Waals surface area contributed by atoms with E-state index in [0.717, 1.165) is 16.8 Å². The van der Waals surface area contributed by atoms with E-state index in [-0.39, 0.29) is 44.5 Å². The number of carbonyl (C=O) groups excluding carboxylic acids is 2. The molecule has 1 aliphatic heterocycles. The van der Waals surface area contributed by atoms with Crippen molar-refractivity contribution >= 4 is 17.5 Å². The first-order valence-electron chi connectivity index (χ1n) is 9.44. The predicted molar refractivity (Wildman–Crippen MR) is 107 cm³/mol. The lowest BCUT2D eigenvalue weighted by atomic mass is 9.73. The topological polar surface area (TPSA) is 81.1 Å². The van der Waals surface area contributed by atoms with Crippen molar-refractivity contribution in [3.63, 3.8) is 0 Å². The number of hydrogen-bond acceptors (Lipinski definition) is 4. The van der Waals surface area contributed by atoms with E-state index >= 15 is 0 Å². The number of anilines is 1. The quantitative estimate of drug-likeness (QED) is 0.722. The number of aliphatic hydroxyl groups excluding tert-OH is 2. The summed E-state index contributed by atoms with van der Waals surface area (Å²) in [6.07, 6.45) is 0.397. The molecular formula is C22H26N2O4. The zero-order valence-corrected chi connectivity index (χ0v) is 16.0. The van der Waals surface area contributed by atoms with Crippen LogP contribution in [0.15, 0.2) is 54.6 Å². The van der Waals surface area contributed by atoms with E-state index in [4.69, 9.17) is 0 Å². The molecule has 0 spiro atoms. The molecule has 1 aliphatic rings. The van der Waals surface area contributed by atoms with Gasteiger partial charge in [-0.1, -0.05) is 48.5 Å². The van der Waals surface area contributed by atoms with Crippen LogP contribution in [-0.4, -0.2) is 60.3 Å². The Morgan fingerprint density at radius 1 is 1.00 bits per heavy atom. The van der Waals surface area contributed by atoms with Crippen molar-refractivity contribution in [2.24, 2.45) is 0 Å². The fourth-order valence-corrected chi connectivity index (χ4v) is 4.04. The molecule has 0 bridgehead atoms. The lowest BCUT2D eigenvalue weighted by Gasteiger charge is -2.31. The first-order valence-corrected chi connectivity index (χ1v) is 9.44. The minimum absolute atomic E-state index is 0.0118. The zero-order valence-electron chi connectivity index (χ0n) is 16.0. The van der Waals surface area contributed by atoms with Gasteiger partial charge in [0.1, 0.15) is 0 Å². The maximum atomic E-state index is 13.4. The van der Waals surface area contributed by atoms with Crippen LogP contribution in [0.4, 0.5) is 5.69 Å². The summed E-state index contributed by atoms with van der Waals surface area (Å²) in [5, 5.41) is 18.5. The molecule has 28 heavy (non-hydrogen) atoms. The molecule has 0 aromatic heterocycles. The molecule has 3 rings (SSSR count). The first kappa shape index (κ1) is 20.0. The Balaban J connectivity index is 2.03. The molecule has 1 heterocycles. The Hall–Kier alpha value is -2.70. The number of carbonyl (C=O) groups is 2. The molecule has 6 nitrogen and oxygen atoms in total. The highest BCUT2D eigenvalue weighted by atomic mass is 16.3. The van der Waals surface area contributed by atoms with E-state index in [0.29, 0.717) is 6.42 Å². The van der Waals surface area contributed by atoms with Crippen LogP contribution < -0.4 is 4.90 Å². The fourth-order valence-electron chi connectivity index (χ4n) is 4.04. The molecule has 2 amide bonds. The summed E-state index contributed by atoms with van der Waals surface area (Å²) < 4.78 is 0. The van der Waals surface area contributed by atoms with Crippen molar-refractivity contribution in [1.29, 1.82) is 0 Å². The Morgan fingerprint density at radius 3 is 2.25 bits per heavy atom. The van der Waals surface area contributed by atoms with Gasteiger partial charge < -0.3 is 20.0 Å². The van der Waals surface area contributed by atoms with Gasteiger partial charge in [0.25, 0.3) is 0 Å². The second-order valence-electron chi connectivity index (χ2n) is 7.13. The van der Waals surface area contributed by atoms with Crippen molar-refractivity contribution in [2.75, 3.05) is 38.3 Å². The predicted octanol–water partition coefficient (Wildman–Crippen LogP) is 1.35. The summed E-state index contributed by atoms with van der Waals surface area (Å²) >= 11 is 0. The van der Waals surface area contributed by atoms with Crippen LogP contribution in [0.2, 0.25) is 0 Å². The molecule has 148 valence electrons. The highest BCUT2D eigenvalue weighted by molar-refractivity contribution is 6.09. The van der Waals surface area contributed by atoms with E-state index in [2.05, 4.69) is 0 Å². The van der Waals surface area contributed by atoms with Gasteiger partial charge in [-0.05, 0) is 23.6 Å². The van der Waals surface area contributed by atoms with Gasteiger partial charge in [0, 0.05) is 32.2 Å². The van der Waals surface area contributed by atoms with E-state index < -0.39 is 5.41 Å². The number of likely N-dealkylation sites (N-methyl/N-ethyl adjacent to an activating group) is 1. The molecular weight excluding hydrogens is 356 g/mol. The van der Waals surface area contributed by atoms with E-state index in [1.165, 1.54) is 4.90 Å². The molecule has 2 N–H and O–H groups in total. The molecule has 0 aliphatic carbocycles. The van der Waals surface area contributed by atoms with E-state index in [1.54, 1.807) is 11.9 Å². The first-order chi connectivity index (χ1) is 13.5. The maximum Gasteiger partial charge on any atom is 0.238 e. The molecule has 6 heteroatoms. The molecule has 0 fully saturated rings. The lowest BCUT2D eigenvalue weighted by molar-refractivity contribution is -0.137. The van der Waals surface area contributed by atoms with Gasteiger partial charge in [-0.3, -0.25) is 9.59 Å². The summed E-state index contributed by atoms with van der Waals surface area (Å²) in [5.41, 5.74) is 1.62. The van der Waals surface area contributed by atoms with Crippen molar-refractivity contribution in [3.05, 3.63) is 65.7 Å². The third kappa shape index (κ3) is 3.66. The summed E-state index contributed by atoms with van der Waals surface area (Å²) in [5.74, 6) is -0.365. The zero-order chi connectivity index (χ0) is 20.1. The summed E-state index contributed by atoms with van der Waals surface area (Å²) in [4.78, 5) is 29.5. The monoisotopic (exact) mass is 382 g/mol. The normalized spacial score (nSPS) is 18.2. The number of para-hydroxylation sites is 1. The van der Waals surface area contributed by atoms with Gasteiger partial charge in [-0.25, -0.2) is 0 Å². The fraction of sp³-hybridized carbons (Fsp3) is 0.364. The third-order valence-corrected chi connectivity index (χ3v) is 5.39. The van der Waals surface area contributed by atoms with Gasteiger partial charge in [-0.2, -0.15) is 0 Å². The molecule has 1 unspecified atom stereocenters. The van der Waals surface area contributed by atoms with Crippen molar-refractivity contribution in [1.82, 2.24) is 4.90 Å². The number of hydrogen-bond donors (Lipinski definition) is 2. The second-order valence-corrected chi connectivity index (χ2v) is 7.13. The SMILES string of the molecule is CN1C(=O)C(CC(=O)N(CCO)CCO)(Cc2ccccc2)c2ccccc21. The lowest BCUT2D eigenvalue weighted by Crippen LogP contribution is -2.46. The maximum absolute atomic E-state index is 13.4. The van der Waals surface area contributed by atoms with Gasteiger partial charge in [0.15, 0.2) is 0 Å². The minimum Gasteiger partial charge on any atom is -0.395 e. The van der Waals surface area contributed by atoms with Crippen LogP contribution >= 0.6 is 0 Å². The molecule has 2 aromatic carbocycles. The van der Waals surface area contributed by atoms with Crippen LogP contribution in [0.5, 0.6) is 0 Å². The third-order valence-electron chi connectivity index (χ3n) is 5.39. The molecule has 1 atom stereocenters. The molecule has 0 radical (unpaired) electrons. The molecule has 0 saturated heterocycles. The molecule has 2 aromatic rings. The number of amides is 2. The molecule has 0 saturated carbocycles. The van der Waals surface area contributed by atoms with Crippen molar-refractivity contribution < 1.29 is 19.8 Å². The van der Waals surface area contributed by atoms with E-state index in [9.17, 15) is 19.8 Å². The average molecular weight is 382 g/mol. The van der Waals surface area contributed by atoms with Crippen LogP contribution in [0.3, 0.4) is 0 Å². The number of nitrogens with zero attached hydrogens (tertiary/aromatic N) is 2. The summed E-state index contributed by atoms with van der Waals surface area (Å²) in [6, 6.07) is 17.2. The second kappa shape index (κ2) is 8.54. The van der Waals surface area contributed by atoms with Gasteiger partial charge >= 0.3 is 0 Å². The van der Waals surface area contributed by atoms with Crippen LogP contribution in [0.1, 0.15) is 17.5 Å². The number of fused-ring (bicyclic) bond motifs is 1. The van der Waals surface area contributed by atoms with E-state index in [1.807, 2.05) is 54.6 Å². The average Bonchev–Trinajstić information content (AvgIpc) is 2.91. The number of benzene rings is 2. The summed E-state index contributed by atoms with van der Waals surface area (Å²) in [7, 11) is 1.73. The highest BCUT2D eigenvalue weighted by Crippen LogP contribution is 2.45. The Labute approximate surface area is 165 Å². The Bertz CT molecular complexity index is 833. The Morgan fingerprint density at radius 2 is 1.61 bits per heavy atom. The van der Waals surface area contributed by atoms with Gasteiger partial charge in [0.2, 0.25) is 11.8 Å². The number of rotatable bonds is 8. The largest absolute Gasteiger partial charge is 0.395 e. The standard InChI is InChI=1S/C22H26N2O4/c1-23-19-10-6-5-9-18(19)22(21(23)28,15-17-7-3-2-4-8-17)16-20(27)24(11-13-25)12-14-26/h2-10,25-26H,11-16H2,1H3. The number of aliphatic hydroxyl groups is 2. The van der Waals surface area contributed by atoms with Crippen molar-refractivity contribution in [2.45, 2.75) is 18.3 Å². The van der Waals surface area contributed by atoms with Crippen LogP contribution in [0.25, 0.3) is 0 Å². The Kier molecular flexibility index (Phi) is 6.11. The van der Waals surface area contributed by atoms with Gasteiger partial charge in [0.05, 0.1) is 18.6 Å². The highest BCUT2D eigenvalue weighted by Gasteiger charge is 2.51. The smallest absolute Gasteiger partial charge is 0.238 e. The van der Waals surface area contributed by atoms with Crippen molar-refractivity contribution in [3.8, 4) is 0 Å². The van der Waals surface area contributed by atoms with Crippen LogP contribution in [-0.2, 0) is 21.4 Å². The van der Waals surface area contributed by atoms with Crippen LogP contribution in [0, 0.1) is 0 Å². The summed E-state index contributed by atoms with van der Waals surface area (Å²) in [6.45, 7) is -0.122. The minimum atomic E-state index is -1.01.